The summed E-state index contributed by atoms with van der Waals surface area (Å²) in [5.74, 6) is -1.07. The Morgan fingerprint density at radius 2 is 1.96 bits per heavy atom. The molecule has 0 atom stereocenters. The number of carbonyl (C=O) groups excluding carboxylic acids is 2. The summed E-state index contributed by atoms with van der Waals surface area (Å²) < 4.78 is 24.1. The van der Waals surface area contributed by atoms with E-state index in [1.165, 1.54) is 32.5 Å². The standard InChI is InChI=1S/C18H18FN3O4/c1-20-17(23)18(24)22-21-10-12-6-7-15(16(9-12)25-2)26-11-13-4-3-5-14(19)8-13/h3-10H,11H2,1-2H3,(H,20,23)(H,22,24)/b21-10-. The van der Waals surface area contributed by atoms with Gasteiger partial charge < -0.3 is 14.8 Å². The topological polar surface area (TPSA) is 89.0 Å². The van der Waals surface area contributed by atoms with Crippen molar-refractivity contribution in [2.45, 2.75) is 6.61 Å². The molecule has 2 aromatic rings. The van der Waals surface area contributed by atoms with Gasteiger partial charge >= 0.3 is 11.8 Å². The van der Waals surface area contributed by atoms with Crippen molar-refractivity contribution >= 4 is 18.0 Å². The highest BCUT2D eigenvalue weighted by atomic mass is 19.1. The maximum atomic E-state index is 13.2. The molecule has 0 aliphatic rings. The molecule has 2 amide bonds. The van der Waals surface area contributed by atoms with Gasteiger partial charge in [0, 0.05) is 7.05 Å². The number of hydrazone groups is 1. The fraction of sp³-hybridized carbons (Fsp3) is 0.167. The van der Waals surface area contributed by atoms with Gasteiger partial charge in [-0.15, -0.1) is 0 Å². The van der Waals surface area contributed by atoms with Crippen molar-refractivity contribution in [2.75, 3.05) is 14.2 Å². The number of benzene rings is 2. The largest absolute Gasteiger partial charge is 0.493 e. The number of carbonyl (C=O) groups is 2. The molecular weight excluding hydrogens is 341 g/mol. The second-order valence-corrected chi connectivity index (χ2v) is 5.11. The van der Waals surface area contributed by atoms with Crippen LogP contribution in [0.2, 0.25) is 0 Å². The van der Waals surface area contributed by atoms with Crippen molar-refractivity contribution in [1.82, 2.24) is 10.7 Å². The number of methoxy groups -OCH3 is 1. The van der Waals surface area contributed by atoms with Gasteiger partial charge in [0.05, 0.1) is 13.3 Å². The molecule has 2 rings (SSSR count). The number of hydrogen-bond donors (Lipinski definition) is 2. The predicted octanol–water partition coefficient (Wildman–Crippen LogP) is 1.61. The maximum Gasteiger partial charge on any atom is 0.329 e. The first-order valence-electron chi connectivity index (χ1n) is 7.64. The third-order valence-electron chi connectivity index (χ3n) is 3.28. The van der Waals surface area contributed by atoms with E-state index in [0.29, 0.717) is 22.6 Å². The second-order valence-electron chi connectivity index (χ2n) is 5.11. The molecule has 0 bridgehead atoms. The maximum absolute atomic E-state index is 13.2. The Morgan fingerprint density at radius 1 is 1.15 bits per heavy atom. The minimum atomic E-state index is -0.870. The molecule has 7 nitrogen and oxygen atoms in total. The average molecular weight is 359 g/mol. The van der Waals surface area contributed by atoms with E-state index in [-0.39, 0.29) is 12.4 Å². The molecule has 2 aromatic carbocycles. The summed E-state index contributed by atoms with van der Waals surface area (Å²) in [4.78, 5) is 22.3. The summed E-state index contributed by atoms with van der Waals surface area (Å²) in [6, 6.07) is 11.1. The van der Waals surface area contributed by atoms with Crippen LogP contribution in [0.25, 0.3) is 0 Å². The Kier molecular flexibility index (Phi) is 6.67. The Morgan fingerprint density at radius 3 is 2.65 bits per heavy atom. The number of halogens is 1. The first kappa shape index (κ1) is 18.9. The van der Waals surface area contributed by atoms with Gasteiger partial charge in [0.2, 0.25) is 0 Å². The van der Waals surface area contributed by atoms with Crippen molar-refractivity contribution in [3.8, 4) is 11.5 Å². The molecular formula is C18H18FN3O4. The van der Waals surface area contributed by atoms with Gasteiger partial charge in [-0.2, -0.15) is 5.10 Å². The number of rotatable bonds is 6. The Balaban J connectivity index is 2.02. The molecule has 26 heavy (non-hydrogen) atoms. The smallest absolute Gasteiger partial charge is 0.329 e. The van der Waals surface area contributed by atoms with Gasteiger partial charge in [0.15, 0.2) is 11.5 Å². The normalized spacial score (nSPS) is 10.4. The van der Waals surface area contributed by atoms with Gasteiger partial charge in [-0.25, -0.2) is 9.82 Å². The van der Waals surface area contributed by atoms with Crippen LogP contribution in [0.4, 0.5) is 4.39 Å². The number of hydrogen-bond acceptors (Lipinski definition) is 5. The summed E-state index contributed by atoms with van der Waals surface area (Å²) >= 11 is 0. The van der Waals surface area contributed by atoms with E-state index in [1.807, 2.05) is 0 Å². The highest BCUT2D eigenvalue weighted by Gasteiger charge is 2.09. The zero-order valence-corrected chi connectivity index (χ0v) is 14.3. The zero-order chi connectivity index (χ0) is 18.9. The summed E-state index contributed by atoms with van der Waals surface area (Å²) in [5.41, 5.74) is 3.41. The van der Waals surface area contributed by atoms with Crippen LogP contribution in [0.15, 0.2) is 47.6 Å². The molecule has 0 radical (unpaired) electrons. The van der Waals surface area contributed by atoms with E-state index in [0.717, 1.165) is 0 Å². The van der Waals surface area contributed by atoms with Crippen molar-refractivity contribution in [2.24, 2.45) is 5.10 Å². The Bertz CT molecular complexity index is 824. The highest BCUT2D eigenvalue weighted by molar-refractivity contribution is 6.34. The van der Waals surface area contributed by atoms with Crippen LogP contribution in [0.1, 0.15) is 11.1 Å². The van der Waals surface area contributed by atoms with Crippen molar-refractivity contribution in [3.63, 3.8) is 0 Å². The minimum absolute atomic E-state index is 0.184. The molecule has 0 aliphatic heterocycles. The predicted molar refractivity (Wildman–Crippen MR) is 93.5 cm³/mol. The van der Waals surface area contributed by atoms with Gasteiger partial charge in [0.25, 0.3) is 0 Å². The quantitative estimate of drug-likeness (QED) is 0.466. The van der Waals surface area contributed by atoms with E-state index in [1.54, 1.807) is 30.3 Å². The van der Waals surface area contributed by atoms with Crippen LogP contribution < -0.4 is 20.2 Å². The van der Waals surface area contributed by atoms with Crippen LogP contribution in [-0.2, 0) is 16.2 Å². The fourth-order valence-corrected chi connectivity index (χ4v) is 2.00. The molecule has 136 valence electrons. The number of nitrogens with one attached hydrogen (secondary N) is 2. The molecule has 0 aliphatic carbocycles. The van der Waals surface area contributed by atoms with Crippen LogP contribution >= 0.6 is 0 Å². The third-order valence-corrected chi connectivity index (χ3v) is 3.28. The molecule has 0 saturated carbocycles. The van der Waals surface area contributed by atoms with Gasteiger partial charge in [-0.1, -0.05) is 12.1 Å². The number of likely N-dealkylation sites (N-methyl/N-ethyl adjacent to an activating group) is 1. The Labute approximate surface area is 149 Å². The summed E-state index contributed by atoms with van der Waals surface area (Å²) in [6.07, 6.45) is 1.36. The van der Waals surface area contributed by atoms with Crippen LogP contribution in [0.3, 0.4) is 0 Å². The lowest BCUT2D eigenvalue weighted by Crippen LogP contribution is -2.35. The van der Waals surface area contributed by atoms with E-state index in [9.17, 15) is 14.0 Å². The Hall–Kier alpha value is -3.42. The molecule has 0 saturated heterocycles. The average Bonchev–Trinajstić information content (AvgIpc) is 2.66. The van der Waals surface area contributed by atoms with Crippen LogP contribution in [-0.4, -0.2) is 32.2 Å². The van der Waals surface area contributed by atoms with Crippen molar-refractivity contribution in [3.05, 3.63) is 59.4 Å². The van der Waals surface area contributed by atoms with Gasteiger partial charge in [-0.05, 0) is 41.5 Å². The summed E-state index contributed by atoms with van der Waals surface area (Å²) in [6.45, 7) is 0.184. The van der Waals surface area contributed by atoms with E-state index >= 15 is 0 Å². The second kappa shape index (κ2) is 9.16. The van der Waals surface area contributed by atoms with E-state index < -0.39 is 11.8 Å². The highest BCUT2D eigenvalue weighted by Crippen LogP contribution is 2.28. The molecule has 0 spiro atoms. The molecule has 0 aromatic heterocycles. The monoisotopic (exact) mass is 359 g/mol. The van der Waals surface area contributed by atoms with Crippen LogP contribution in [0.5, 0.6) is 11.5 Å². The summed E-state index contributed by atoms with van der Waals surface area (Å²) in [5, 5.41) is 5.88. The van der Waals surface area contributed by atoms with Gasteiger partial charge in [-0.3, -0.25) is 9.59 Å². The SMILES string of the molecule is CNC(=O)C(=O)N/N=C\c1ccc(OCc2cccc(F)c2)c(OC)c1. The molecule has 0 heterocycles. The third kappa shape index (κ3) is 5.30. The number of amides is 2. The lowest BCUT2D eigenvalue weighted by molar-refractivity contribution is -0.138. The summed E-state index contributed by atoms with van der Waals surface area (Å²) in [7, 11) is 2.83. The zero-order valence-electron chi connectivity index (χ0n) is 14.3. The number of ether oxygens (including phenoxy) is 2. The lowest BCUT2D eigenvalue weighted by Gasteiger charge is -2.11. The lowest BCUT2D eigenvalue weighted by atomic mass is 10.2. The molecule has 2 N–H and O–H groups in total. The fourth-order valence-electron chi connectivity index (χ4n) is 2.00. The first-order valence-corrected chi connectivity index (χ1v) is 7.64. The molecule has 0 unspecified atom stereocenters. The van der Waals surface area contributed by atoms with Gasteiger partial charge in [0.1, 0.15) is 12.4 Å². The molecule has 0 fully saturated rings. The molecule has 8 heteroatoms. The van der Waals surface area contributed by atoms with E-state index in [2.05, 4.69) is 15.8 Å². The van der Waals surface area contributed by atoms with Crippen molar-refractivity contribution in [1.29, 1.82) is 0 Å². The van der Waals surface area contributed by atoms with Crippen LogP contribution in [0, 0.1) is 5.82 Å². The minimum Gasteiger partial charge on any atom is -0.493 e. The van der Waals surface area contributed by atoms with E-state index in [4.69, 9.17) is 9.47 Å². The van der Waals surface area contributed by atoms with Crippen molar-refractivity contribution < 1.29 is 23.5 Å². The first-order chi connectivity index (χ1) is 12.5. The number of nitrogens with zero attached hydrogens (tertiary/aromatic N) is 1.